The summed E-state index contributed by atoms with van der Waals surface area (Å²) in [4.78, 5) is 19.2. The molecule has 0 bridgehead atoms. The maximum absolute atomic E-state index is 12.4. The van der Waals surface area contributed by atoms with E-state index in [-0.39, 0.29) is 11.8 Å². The summed E-state index contributed by atoms with van der Waals surface area (Å²) in [7, 11) is 3.23. The number of anilines is 1. The van der Waals surface area contributed by atoms with Crippen LogP contribution in [-0.2, 0) is 4.79 Å². The van der Waals surface area contributed by atoms with E-state index >= 15 is 0 Å². The van der Waals surface area contributed by atoms with Crippen molar-refractivity contribution < 1.29 is 18.8 Å². The van der Waals surface area contributed by atoms with E-state index < -0.39 is 0 Å². The normalized spacial score (nSPS) is 14.9. The van der Waals surface area contributed by atoms with Gasteiger partial charge in [-0.3, -0.25) is 9.69 Å². The summed E-state index contributed by atoms with van der Waals surface area (Å²) in [5, 5.41) is 7.06. The first-order valence-electron chi connectivity index (χ1n) is 10.3. The molecule has 4 rings (SSSR count). The number of para-hydroxylation sites is 2. The van der Waals surface area contributed by atoms with Gasteiger partial charge in [-0.2, -0.15) is 4.98 Å². The van der Waals surface area contributed by atoms with Gasteiger partial charge in [0.1, 0.15) is 11.5 Å². The van der Waals surface area contributed by atoms with Gasteiger partial charge in [-0.05, 0) is 62.3 Å². The molecular weight excluding hydrogens is 396 g/mol. The Morgan fingerprint density at radius 2 is 1.84 bits per heavy atom. The third kappa shape index (κ3) is 5.03. The van der Waals surface area contributed by atoms with Crippen LogP contribution in [0.3, 0.4) is 0 Å². The Morgan fingerprint density at radius 1 is 1.10 bits per heavy atom. The van der Waals surface area contributed by atoms with Crippen LogP contribution in [0.25, 0.3) is 11.4 Å². The number of aromatic nitrogens is 2. The third-order valence-electron chi connectivity index (χ3n) is 5.48. The summed E-state index contributed by atoms with van der Waals surface area (Å²) in [6, 6.07) is 15.0. The Balaban J connectivity index is 1.29. The number of hydrogen-bond donors (Lipinski definition) is 1. The van der Waals surface area contributed by atoms with Gasteiger partial charge in [-0.1, -0.05) is 17.3 Å². The SMILES string of the molecule is COc1ccc(-c2noc(C3CCN(CC(=O)Nc4ccccc4OC)CC3)n2)cc1. The van der Waals surface area contributed by atoms with Gasteiger partial charge in [0.25, 0.3) is 0 Å². The topological polar surface area (TPSA) is 89.7 Å². The number of piperidine rings is 1. The molecule has 0 aliphatic carbocycles. The number of methoxy groups -OCH3 is 2. The maximum atomic E-state index is 12.4. The summed E-state index contributed by atoms with van der Waals surface area (Å²) < 4.78 is 16.0. The first kappa shape index (κ1) is 20.9. The largest absolute Gasteiger partial charge is 0.497 e. The molecule has 2 heterocycles. The number of ether oxygens (including phenoxy) is 2. The highest BCUT2D eigenvalue weighted by Gasteiger charge is 2.26. The van der Waals surface area contributed by atoms with E-state index in [1.54, 1.807) is 14.2 Å². The zero-order valence-electron chi connectivity index (χ0n) is 17.7. The highest BCUT2D eigenvalue weighted by atomic mass is 16.5. The lowest BCUT2D eigenvalue weighted by Crippen LogP contribution is -2.38. The van der Waals surface area contributed by atoms with Crippen molar-refractivity contribution in [1.82, 2.24) is 15.0 Å². The molecular formula is C23H26N4O4. The van der Waals surface area contributed by atoms with Crippen LogP contribution < -0.4 is 14.8 Å². The fourth-order valence-corrected chi connectivity index (χ4v) is 3.74. The van der Waals surface area contributed by atoms with E-state index in [0.717, 1.165) is 37.2 Å². The average Bonchev–Trinajstić information content (AvgIpc) is 3.30. The van der Waals surface area contributed by atoms with Gasteiger partial charge in [0.15, 0.2) is 0 Å². The Kier molecular flexibility index (Phi) is 6.47. The molecule has 0 unspecified atom stereocenters. The van der Waals surface area contributed by atoms with Crippen LogP contribution in [0.2, 0.25) is 0 Å². The number of hydrogen-bond acceptors (Lipinski definition) is 7. The second-order valence-corrected chi connectivity index (χ2v) is 7.48. The molecule has 3 aromatic rings. The fourth-order valence-electron chi connectivity index (χ4n) is 3.74. The Hall–Kier alpha value is -3.39. The number of carbonyl (C=O) groups is 1. The first-order valence-corrected chi connectivity index (χ1v) is 10.3. The van der Waals surface area contributed by atoms with Crippen molar-refractivity contribution in [3.05, 3.63) is 54.4 Å². The van der Waals surface area contributed by atoms with Crippen LogP contribution in [0.5, 0.6) is 11.5 Å². The van der Waals surface area contributed by atoms with Gasteiger partial charge in [-0.15, -0.1) is 0 Å². The molecule has 8 nitrogen and oxygen atoms in total. The minimum Gasteiger partial charge on any atom is -0.497 e. The van der Waals surface area contributed by atoms with Crippen molar-refractivity contribution in [2.24, 2.45) is 0 Å². The number of likely N-dealkylation sites (tertiary alicyclic amines) is 1. The molecule has 162 valence electrons. The number of rotatable bonds is 7. The van der Waals surface area contributed by atoms with Crippen LogP contribution in [0.1, 0.15) is 24.7 Å². The molecule has 0 atom stereocenters. The van der Waals surface area contributed by atoms with E-state index in [0.29, 0.717) is 29.7 Å². The lowest BCUT2D eigenvalue weighted by atomic mass is 9.97. The Morgan fingerprint density at radius 3 is 2.55 bits per heavy atom. The lowest BCUT2D eigenvalue weighted by Gasteiger charge is -2.29. The number of nitrogens with zero attached hydrogens (tertiary/aromatic N) is 3. The number of nitrogens with one attached hydrogen (secondary N) is 1. The molecule has 1 N–H and O–H groups in total. The molecule has 1 aliphatic rings. The van der Waals surface area contributed by atoms with Gasteiger partial charge in [-0.25, -0.2) is 0 Å². The molecule has 0 radical (unpaired) electrons. The molecule has 8 heteroatoms. The summed E-state index contributed by atoms with van der Waals surface area (Å²) >= 11 is 0. The third-order valence-corrected chi connectivity index (χ3v) is 5.48. The summed E-state index contributed by atoms with van der Waals surface area (Å²) in [5.74, 6) is 2.82. The van der Waals surface area contributed by atoms with Crippen LogP contribution in [0.15, 0.2) is 53.1 Å². The van der Waals surface area contributed by atoms with Crippen molar-refractivity contribution in [3.63, 3.8) is 0 Å². The van der Waals surface area contributed by atoms with Crippen LogP contribution in [-0.4, -0.2) is 54.8 Å². The van der Waals surface area contributed by atoms with Gasteiger partial charge in [0, 0.05) is 11.5 Å². The van der Waals surface area contributed by atoms with E-state index in [1.165, 1.54) is 0 Å². The summed E-state index contributed by atoms with van der Waals surface area (Å²) in [6.07, 6.45) is 1.73. The van der Waals surface area contributed by atoms with E-state index in [9.17, 15) is 4.79 Å². The smallest absolute Gasteiger partial charge is 0.238 e. The van der Waals surface area contributed by atoms with E-state index in [4.69, 9.17) is 14.0 Å². The molecule has 1 fully saturated rings. The van der Waals surface area contributed by atoms with Crippen LogP contribution in [0.4, 0.5) is 5.69 Å². The molecule has 0 saturated carbocycles. The minimum absolute atomic E-state index is 0.0532. The first-order chi connectivity index (χ1) is 15.2. The summed E-state index contributed by atoms with van der Waals surface area (Å²) in [5.41, 5.74) is 1.57. The Bertz CT molecular complexity index is 1010. The van der Waals surface area contributed by atoms with Crippen molar-refractivity contribution in [2.75, 3.05) is 39.2 Å². The molecule has 1 saturated heterocycles. The van der Waals surface area contributed by atoms with Gasteiger partial charge >= 0.3 is 0 Å². The van der Waals surface area contributed by atoms with Gasteiger partial charge in [0.05, 0.1) is 26.5 Å². The van der Waals surface area contributed by atoms with E-state index in [2.05, 4.69) is 20.4 Å². The molecule has 0 spiro atoms. The van der Waals surface area contributed by atoms with Crippen molar-refractivity contribution in [2.45, 2.75) is 18.8 Å². The highest BCUT2D eigenvalue weighted by Crippen LogP contribution is 2.29. The van der Waals surface area contributed by atoms with E-state index in [1.807, 2.05) is 48.5 Å². The highest BCUT2D eigenvalue weighted by molar-refractivity contribution is 5.93. The predicted octanol–water partition coefficient (Wildman–Crippen LogP) is 3.57. The zero-order chi connectivity index (χ0) is 21.6. The van der Waals surface area contributed by atoms with Crippen molar-refractivity contribution in [3.8, 4) is 22.9 Å². The number of benzene rings is 2. The molecule has 1 aliphatic heterocycles. The minimum atomic E-state index is -0.0532. The maximum Gasteiger partial charge on any atom is 0.238 e. The quantitative estimate of drug-likeness (QED) is 0.622. The Labute approximate surface area is 181 Å². The van der Waals surface area contributed by atoms with Crippen molar-refractivity contribution in [1.29, 1.82) is 0 Å². The number of amides is 1. The van der Waals surface area contributed by atoms with Gasteiger partial charge in [0.2, 0.25) is 17.6 Å². The van der Waals surface area contributed by atoms with Crippen LogP contribution in [0, 0.1) is 0 Å². The zero-order valence-corrected chi connectivity index (χ0v) is 17.7. The average molecular weight is 422 g/mol. The van der Waals surface area contributed by atoms with Crippen molar-refractivity contribution >= 4 is 11.6 Å². The monoisotopic (exact) mass is 422 g/mol. The standard InChI is InChI=1S/C23H26N4O4/c1-29-18-9-7-16(8-10-18)22-25-23(31-26-22)17-11-13-27(14-12-17)15-21(28)24-19-5-3-4-6-20(19)30-2/h3-10,17H,11-15H2,1-2H3,(H,24,28). The van der Waals surface area contributed by atoms with Crippen LogP contribution >= 0.6 is 0 Å². The van der Waals surface area contributed by atoms with Gasteiger partial charge < -0.3 is 19.3 Å². The molecule has 1 aromatic heterocycles. The fraction of sp³-hybridized carbons (Fsp3) is 0.348. The molecule has 31 heavy (non-hydrogen) atoms. The summed E-state index contributed by atoms with van der Waals surface area (Å²) in [6.45, 7) is 1.93. The lowest BCUT2D eigenvalue weighted by molar-refractivity contribution is -0.117. The molecule has 2 aromatic carbocycles. The number of carbonyl (C=O) groups excluding carboxylic acids is 1. The predicted molar refractivity (Wildman–Crippen MR) is 116 cm³/mol. The second kappa shape index (κ2) is 9.61. The second-order valence-electron chi connectivity index (χ2n) is 7.48. The molecule has 1 amide bonds.